The summed E-state index contributed by atoms with van der Waals surface area (Å²) in [5.41, 5.74) is 1.76. The molecular formula is C22H25ClN2O4. The molecule has 0 spiro atoms. The Bertz CT molecular complexity index is 896. The molecule has 2 amide bonds. The van der Waals surface area contributed by atoms with Crippen LogP contribution in [0.4, 0.5) is 11.4 Å². The Kier molecular flexibility index (Phi) is 8.55. The van der Waals surface area contributed by atoms with Crippen molar-refractivity contribution < 1.29 is 19.1 Å². The van der Waals surface area contributed by atoms with Gasteiger partial charge in [0, 0.05) is 18.2 Å². The van der Waals surface area contributed by atoms with Gasteiger partial charge < -0.3 is 20.1 Å². The zero-order chi connectivity index (χ0) is 21.2. The molecule has 7 heteroatoms. The minimum absolute atomic E-state index is 0.121. The Balaban J connectivity index is 2.08. The predicted octanol–water partition coefficient (Wildman–Crippen LogP) is 5.14. The summed E-state index contributed by atoms with van der Waals surface area (Å²) in [5.74, 6) is 0.790. The summed E-state index contributed by atoms with van der Waals surface area (Å²) in [6.07, 6.45) is 4.32. The summed E-state index contributed by atoms with van der Waals surface area (Å²) in [6, 6.07) is 10.4. The molecule has 0 bridgehead atoms. The summed E-state index contributed by atoms with van der Waals surface area (Å²) in [5, 5.41) is 5.82. The number of hydrogen-bond acceptors (Lipinski definition) is 4. The van der Waals surface area contributed by atoms with Crippen molar-refractivity contribution in [2.75, 3.05) is 24.4 Å². The van der Waals surface area contributed by atoms with Crippen molar-refractivity contribution in [2.24, 2.45) is 0 Å². The van der Waals surface area contributed by atoms with Gasteiger partial charge in [-0.15, -0.1) is 0 Å². The maximum atomic E-state index is 12.3. The number of methoxy groups -OCH3 is 1. The van der Waals surface area contributed by atoms with Crippen LogP contribution < -0.4 is 20.1 Å². The fraction of sp³-hybridized carbons (Fsp3) is 0.273. The second-order valence-electron chi connectivity index (χ2n) is 6.18. The number of hydrogen-bond donors (Lipinski definition) is 2. The number of benzene rings is 2. The Morgan fingerprint density at radius 2 is 1.86 bits per heavy atom. The van der Waals surface area contributed by atoms with Crippen molar-refractivity contribution in [3.05, 3.63) is 53.1 Å². The predicted molar refractivity (Wildman–Crippen MR) is 117 cm³/mol. The number of anilines is 2. The number of halogens is 1. The Labute approximate surface area is 175 Å². The monoisotopic (exact) mass is 416 g/mol. The Morgan fingerprint density at radius 3 is 2.55 bits per heavy atom. The van der Waals surface area contributed by atoms with Crippen molar-refractivity contribution >= 4 is 40.9 Å². The highest BCUT2D eigenvalue weighted by Crippen LogP contribution is 2.29. The van der Waals surface area contributed by atoms with E-state index >= 15 is 0 Å². The van der Waals surface area contributed by atoms with Gasteiger partial charge in [0.15, 0.2) is 11.5 Å². The molecule has 0 radical (unpaired) electrons. The van der Waals surface area contributed by atoms with Gasteiger partial charge in [0.2, 0.25) is 11.8 Å². The number of nitrogens with one attached hydrogen (secondary N) is 2. The third kappa shape index (κ3) is 6.84. The van der Waals surface area contributed by atoms with Crippen LogP contribution in [0.25, 0.3) is 6.08 Å². The fourth-order valence-electron chi connectivity index (χ4n) is 2.41. The van der Waals surface area contributed by atoms with Crippen LogP contribution in [0.2, 0.25) is 5.02 Å². The summed E-state index contributed by atoms with van der Waals surface area (Å²) < 4.78 is 11.0. The molecule has 0 heterocycles. The average molecular weight is 417 g/mol. The second kappa shape index (κ2) is 11.1. The van der Waals surface area contributed by atoms with E-state index in [-0.39, 0.29) is 11.8 Å². The molecule has 0 aliphatic carbocycles. The molecule has 29 heavy (non-hydrogen) atoms. The Hall–Kier alpha value is -2.99. The first-order valence-electron chi connectivity index (χ1n) is 9.36. The van der Waals surface area contributed by atoms with E-state index in [0.717, 1.165) is 12.0 Å². The van der Waals surface area contributed by atoms with Crippen molar-refractivity contribution in [3.63, 3.8) is 0 Å². The van der Waals surface area contributed by atoms with E-state index in [4.69, 9.17) is 21.1 Å². The lowest BCUT2D eigenvalue weighted by Gasteiger charge is -2.10. The van der Waals surface area contributed by atoms with E-state index in [0.29, 0.717) is 40.9 Å². The second-order valence-corrected chi connectivity index (χ2v) is 6.58. The fourth-order valence-corrected chi connectivity index (χ4v) is 2.58. The van der Waals surface area contributed by atoms with Crippen LogP contribution in [0.5, 0.6) is 11.5 Å². The van der Waals surface area contributed by atoms with Crippen LogP contribution in [0.15, 0.2) is 42.5 Å². The lowest BCUT2D eigenvalue weighted by atomic mass is 10.2. The average Bonchev–Trinajstić information content (AvgIpc) is 2.73. The van der Waals surface area contributed by atoms with E-state index < -0.39 is 0 Å². The molecule has 0 aliphatic heterocycles. The molecular weight excluding hydrogens is 392 g/mol. The van der Waals surface area contributed by atoms with Gasteiger partial charge in [-0.05, 0) is 48.4 Å². The maximum Gasteiger partial charge on any atom is 0.248 e. The highest BCUT2D eigenvalue weighted by molar-refractivity contribution is 6.34. The molecule has 0 aromatic heterocycles. The molecule has 0 aliphatic rings. The molecule has 2 aromatic rings. The van der Waals surface area contributed by atoms with Crippen LogP contribution in [-0.4, -0.2) is 25.5 Å². The van der Waals surface area contributed by atoms with Gasteiger partial charge in [-0.2, -0.15) is 0 Å². The maximum absolute atomic E-state index is 12.3. The zero-order valence-corrected chi connectivity index (χ0v) is 17.5. The van der Waals surface area contributed by atoms with Crippen molar-refractivity contribution in [1.29, 1.82) is 0 Å². The molecule has 0 saturated heterocycles. The highest BCUT2D eigenvalue weighted by Gasteiger charge is 2.08. The minimum atomic E-state index is -0.351. The van der Waals surface area contributed by atoms with E-state index in [2.05, 4.69) is 10.6 Å². The van der Waals surface area contributed by atoms with Crippen molar-refractivity contribution in [2.45, 2.75) is 26.7 Å². The van der Waals surface area contributed by atoms with Crippen molar-refractivity contribution in [1.82, 2.24) is 0 Å². The standard InChI is InChI=1S/C22H25ClN2O4/c1-4-12-29-19-10-6-15(13-20(19)28-3)7-11-22(27)25-18-14-16(8-9-17(18)23)24-21(26)5-2/h6-11,13-14H,4-5,12H2,1-3H3,(H,24,26)(H,25,27). The molecule has 2 aromatic carbocycles. The van der Waals surface area contributed by atoms with E-state index in [9.17, 15) is 9.59 Å². The quantitative estimate of drug-likeness (QED) is 0.555. The van der Waals surface area contributed by atoms with Crippen LogP contribution in [0.1, 0.15) is 32.3 Å². The van der Waals surface area contributed by atoms with Gasteiger partial charge >= 0.3 is 0 Å². The van der Waals surface area contributed by atoms with Crippen molar-refractivity contribution in [3.8, 4) is 11.5 Å². The van der Waals surface area contributed by atoms with Gasteiger partial charge in [-0.3, -0.25) is 9.59 Å². The third-order valence-electron chi connectivity index (χ3n) is 3.91. The minimum Gasteiger partial charge on any atom is -0.493 e. The van der Waals surface area contributed by atoms with E-state index in [1.165, 1.54) is 6.08 Å². The van der Waals surface area contributed by atoms with Crippen LogP contribution >= 0.6 is 11.6 Å². The third-order valence-corrected chi connectivity index (χ3v) is 4.24. The van der Waals surface area contributed by atoms with Crippen LogP contribution in [0, 0.1) is 0 Å². The molecule has 6 nitrogen and oxygen atoms in total. The molecule has 0 atom stereocenters. The lowest BCUT2D eigenvalue weighted by molar-refractivity contribution is -0.116. The number of carbonyl (C=O) groups excluding carboxylic acids is 2. The van der Waals surface area contributed by atoms with E-state index in [1.54, 1.807) is 44.4 Å². The number of amides is 2. The highest BCUT2D eigenvalue weighted by atomic mass is 35.5. The SMILES string of the molecule is CCCOc1ccc(C=CC(=O)Nc2cc(NC(=O)CC)ccc2Cl)cc1OC. The van der Waals surface area contributed by atoms with Gasteiger partial charge in [-0.1, -0.05) is 31.5 Å². The first-order chi connectivity index (χ1) is 14.0. The zero-order valence-electron chi connectivity index (χ0n) is 16.8. The summed E-state index contributed by atoms with van der Waals surface area (Å²) in [4.78, 5) is 23.8. The molecule has 2 rings (SSSR count). The summed E-state index contributed by atoms with van der Waals surface area (Å²) in [6.45, 7) is 4.39. The topological polar surface area (TPSA) is 76.7 Å². The Morgan fingerprint density at radius 1 is 1.07 bits per heavy atom. The number of carbonyl (C=O) groups is 2. The van der Waals surface area contributed by atoms with E-state index in [1.807, 2.05) is 19.1 Å². The largest absolute Gasteiger partial charge is 0.493 e. The first-order valence-corrected chi connectivity index (χ1v) is 9.73. The summed E-state index contributed by atoms with van der Waals surface area (Å²) >= 11 is 6.14. The smallest absolute Gasteiger partial charge is 0.248 e. The molecule has 2 N–H and O–H groups in total. The normalized spacial score (nSPS) is 10.6. The first kappa shape index (κ1) is 22.3. The van der Waals surface area contributed by atoms with Gasteiger partial charge in [0.05, 0.1) is 24.4 Å². The molecule has 0 unspecified atom stereocenters. The van der Waals surface area contributed by atoms with Gasteiger partial charge in [-0.25, -0.2) is 0 Å². The van der Waals surface area contributed by atoms with Gasteiger partial charge in [0.1, 0.15) is 0 Å². The lowest BCUT2D eigenvalue weighted by Crippen LogP contribution is -2.11. The number of rotatable bonds is 9. The molecule has 154 valence electrons. The van der Waals surface area contributed by atoms with Crippen LogP contribution in [-0.2, 0) is 9.59 Å². The number of ether oxygens (including phenoxy) is 2. The van der Waals surface area contributed by atoms with Gasteiger partial charge in [0.25, 0.3) is 0 Å². The van der Waals surface area contributed by atoms with Crippen LogP contribution in [0.3, 0.4) is 0 Å². The summed E-state index contributed by atoms with van der Waals surface area (Å²) in [7, 11) is 1.57. The molecule has 0 saturated carbocycles. The molecule has 0 fully saturated rings.